The van der Waals surface area contributed by atoms with Crippen molar-refractivity contribution >= 4 is 17.7 Å². The van der Waals surface area contributed by atoms with Crippen LogP contribution in [-0.2, 0) is 9.59 Å². The molecule has 1 saturated carbocycles. The Balaban J connectivity index is 1.76. The fourth-order valence-electron chi connectivity index (χ4n) is 2.94. The molecule has 3 amide bonds. The van der Waals surface area contributed by atoms with Crippen molar-refractivity contribution in [1.82, 2.24) is 15.4 Å². The van der Waals surface area contributed by atoms with Crippen LogP contribution in [0.4, 0.5) is 0 Å². The van der Waals surface area contributed by atoms with E-state index in [1.54, 1.807) is 18.3 Å². The van der Waals surface area contributed by atoms with Crippen molar-refractivity contribution in [2.24, 2.45) is 11.8 Å². The van der Waals surface area contributed by atoms with Crippen LogP contribution in [0.5, 0.6) is 0 Å². The molecule has 1 aromatic rings. The highest BCUT2D eigenvalue weighted by Gasteiger charge is 2.49. The molecule has 0 aromatic carbocycles. The van der Waals surface area contributed by atoms with Crippen molar-refractivity contribution in [2.75, 3.05) is 0 Å². The zero-order valence-corrected chi connectivity index (χ0v) is 10.9. The Labute approximate surface area is 116 Å². The Bertz CT molecular complexity index is 534. The van der Waals surface area contributed by atoms with Gasteiger partial charge in [0.1, 0.15) is 0 Å². The van der Waals surface area contributed by atoms with E-state index in [1.165, 1.54) is 6.20 Å². The van der Waals surface area contributed by atoms with Crippen LogP contribution in [0.25, 0.3) is 0 Å². The third-order valence-corrected chi connectivity index (χ3v) is 3.98. The van der Waals surface area contributed by atoms with E-state index in [0.29, 0.717) is 5.56 Å². The Hall–Kier alpha value is -2.24. The van der Waals surface area contributed by atoms with Gasteiger partial charge in [0.25, 0.3) is 17.7 Å². The van der Waals surface area contributed by atoms with E-state index in [-0.39, 0.29) is 23.7 Å². The van der Waals surface area contributed by atoms with E-state index in [4.69, 9.17) is 0 Å². The SMILES string of the molecule is O=C(NN1C(=O)C2CCCCC2C1=O)c1cccnc1. The molecule has 1 aliphatic carbocycles. The first-order chi connectivity index (χ1) is 9.68. The van der Waals surface area contributed by atoms with Gasteiger partial charge < -0.3 is 0 Å². The zero-order valence-electron chi connectivity index (χ0n) is 10.9. The van der Waals surface area contributed by atoms with E-state index in [1.807, 2.05) is 0 Å². The van der Waals surface area contributed by atoms with Gasteiger partial charge in [0.05, 0.1) is 17.4 Å². The van der Waals surface area contributed by atoms with Crippen molar-refractivity contribution in [3.05, 3.63) is 30.1 Å². The van der Waals surface area contributed by atoms with Crippen LogP contribution >= 0.6 is 0 Å². The summed E-state index contributed by atoms with van der Waals surface area (Å²) in [6, 6.07) is 3.21. The lowest BCUT2D eigenvalue weighted by molar-refractivity contribution is -0.142. The number of hydrazine groups is 1. The van der Waals surface area contributed by atoms with Crippen LogP contribution < -0.4 is 5.43 Å². The van der Waals surface area contributed by atoms with Gasteiger partial charge in [-0.15, -0.1) is 0 Å². The van der Waals surface area contributed by atoms with Crippen LogP contribution in [0.15, 0.2) is 24.5 Å². The highest BCUT2D eigenvalue weighted by Crippen LogP contribution is 2.37. The van der Waals surface area contributed by atoms with Crippen LogP contribution in [0, 0.1) is 11.8 Å². The van der Waals surface area contributed by atoms with E-state index in [2.05, 4.69) is 10.4 Å². The predicted octanol–water partition coefficient (Wildman–Crippen LogP) is 0.902. The number of imide groups is 1. The molecule has 0 bridgehead atoms. The van der Waals surface area contributed by atoms with E-state index >= 15 is 0 Å². The highest BCUT2D eigenvalue weighted by molar-refractivity contribution is 6.07. The van der Waals surface area contributed by atoms with E-state index in [0.717, 1.165) is 30.7 Å². The summed E-state index contributed by atoms with van der Waals surface area (Å²) in [5.41, 5.74) is 2.73. The number of aromatic nitrogens is 1. The largest absolute Gasteiger partial charge is 0.272 e. The lowest BCUT2D eigenvalue weighted by Gasteiger charge is -2.19. The van der Waals surface area contributed by atoms with Gasteiger partial charge in [-0.1, -0.05) is 12.8 Å². The summed E-state index contributed by atoms with van der Waals surface area (Å²) in [4.78, 5) is 40.2. The van der Waals surface area contributed by atoms with Crippen LogP contribution in [0.2, 0.25) is 0 Å². The second kappa shape index (κ2) is 5.03. The van der Waals surface area contributed by atoms with E-state index in [9.17, 15) is 14.4 Å². The van der Waals surface area contributed by atoms with Gasteiger partial charge in [0, 0.05) is 12.4 Å². The third kappa shape index (κ3) is 2.07. The first-order valence-electron chi connectivity index (χ1n) is 6.77. The van der Waals surface area contributed by atoms with Crippen molar-refractivity contribution < 1.29 is 14.4 Å². The average Bonchev–Trinajstić information content (AvgIpc) is 2.74. The summed E-state index contributed by atoms with van der Waals surface area (Å²) in [5.74, 6) is -1.57. The first kappa shape index (κ1) is 12.8. The molecule has 2 atom stereocenters. The normalized spacial score (nSPS) is 25.5. The molecule has 3 rings (SSSR count). The smallest absolute Gasteiger partial charge is 0.271 e. The van der Waals surface area contributed by atoms with E-state index < -0.39 is 5.91 Å². The number of fused-ring (bicyclic) bond motifs is 1. The number of amides is 3. The standard InChI is InChI=1S/C14H15N3O3/c18-12(9-4-3-7-15-8-9)16-17-13(19)10-5-1-2-6-11(10)14(17)20/h3-4,7-8,10-11H,1-2,5-6H2,(H,16,18). The Morgan fingerprint density at radius 1 is 1.20 bits per heavy atom. The summed E-state index contributed by atoms with van der Waals surface area (Å²) < 4.78 is 0. The van der Waals surface area contributed by atoms with Crippen LogP contribution in [0.1, 0.15) is 36.0 Å². The molecule has 1 aliphatic heterocycles. The van der Waals surface area contributed by atoms with Gasteiger partial charge in [-0.2, -0.15) is 5.01 Å². The first-order valence-corrected chi connectivity index (χ1v) is 6.77. The fraction of sp³-hybridized carbons (Fsp3) is 0.429. The molecule has 104 valence electrons. The number of carbonyl (C=O) groups is 3. The van der Waals surface area contributed by atoms with Crippen molar-refractivity contribution in [2.45, 2.75) is 25.7 Å². The second-order valence-corrected chi connectivity index (χ2v) is 5.19. The van der Waals surface area contributed by atoms with Crippen molar-refractivity contribution in [3.63, 3.8) is 0 Å². The fourth-order valence-corrected chi connectivity index (χ4v) is 2.94. The number of carbonyl (C=O) groups excluding carboxylic acids is 3. The second-order valence-electron chi connectivity index (χ2n) is 5.19. The molecule has 2 aliphatic rings. The lowest BCUT2D eigenvalue weighted by atomic mass is 9.81. The molecule has 6 nitrogen and oxygen atoms in total. The van der Waals surface area contributed by atoms with Crippen molar-refractivity contribution in [3.8, 4) is 0 Å². The van der Waals surface area contributed by atoms with Gasteiger partial charge in [0.15, 0.2) is 0 Å². The quantitative estimate of drug-likeness (QED) is 0.812. The minimum absolute atomic E-state index is 0.259. The molecule has 2 fully saturated rings. The molecule has 2 heterocycles. The Kier molecular flexibility index (Phi) is 3.22. The van der Waals surface area contributed by atoms with Gasteiger partial charge in [-0.25, -0.2) is 0 Å². The lowest BCUT2D eigenvalue weighted by Crippen LogP contribution is -2.46. The molecule has 2 unspecified atom stereocenters. The number of nitrogens with zero attached hydrogens (tertiary/aromatic N) is 2. The monoisotopic (exact) mass is 273 g/mol. The van der Waals surface area contributed by atoms with Gasteiger partial charge >= 0.3 is 0 Å². The van der Waals surface area contributed by atoms with Crippen LogP contribution in [-0.4, -0.2) is 27.7 Å². The summed E-state index contributed by atoms with van der Waals surface area (Å²) in [7, 11) is 0. The summed E-state index contributed by atoms with van der Waals surface area (Å²) >= 11 is 0. The number of hydrogen-bond acceptors (Lipinski definition) is 4. The minimum atomic E-state index is -0.488. The van der Waals surface area contributed by atoms with Crippen LogP contribution in [0.3, 0.4) is 0 Å². The maximum atomic E-state index is 12.2. The zero-order chi connectivity index (χ0) is 14.1. The summed E-state index contributed by atoms with van der Waals surface area (Å²) in [6.45, 7) is 0. The molecule has 20 heavy (non-hydrogen) atoms. The molecular formula is C14H15N3O3. The number of rotatable bonds is 2. The maximum Gasteiger partial charge on any atom is 0.271 e. The van der Waals surface area contributed by atoms with Crippen molar-refractivity contribution in [1.29, 1.82) is 0 Å². The molecule has 0 radical (unpaired) electrons. The maximum absolute atomic E-state index is 12.2. The Morgan fingerprint density at radius 2 is 1.85 bits per heavy atom. The summed E-state index contributed by atoms with van der Waals surface area (Å²) in [5, 5.41) is 0.899. The minimum Gasteiger partial charge on any atom is -0.272 e. The number of pyridine rings is 1. The number of hydrogen-bond donors (Lipinski definition) is 1. The van der Waals surface area contributed by atoms with Gasteiger partial charge in [0.2, 0.25) is 0 Å². The Morgan fingerprint density at radius 3 is 2.40 bits per heavy atom. The summed E-state index contributed by atoms with van der Waals surface area (Å²) in [6.07, 6.45) is 6.34. The molecular weight excluding hydrogens is 258 g/mol. The average molecular weight is 273 g/mol. The van der Waals surface area contributed by atoms with Gasteiger partial charge in [-0.3, -0.25) is 24.8 Å². The molecule has 1 N–H and O–H groups in total. The predicted molar refractivity (Wildman–Crippen MR) is 69.0 cm³/mol. The highest BCUT2D eigenvalue weighted by atomic mass is 16.2. The number of nitrogens with one attached hydrogen (secondary N) is 1. The topological polar surface area (TPSA) is 79.4 Å². The molecule has 0 spiro atoms. The van der Waals surface area contributed by atoms with Gasteiger partial charge in [-0.05, 0) is 25.0 Å². The molecule has 1 aromatic heterocycles. The third-order valence-electron chi connectivity index (χ3n) is 3.98. The molecule has 6 heteroatoms. The molecule has 1 saturated heterocycles.